The number of amides is 2. The first-order chi connectivity index (χ1) is 18.3. The lowest BCUT2D eigenvalue weighted by Gasteiger charge is -2.41. The molecule has 0 fully saturated rings. The maximum atomic E-state index is 13.3. The molecule has 0 heterocycles. The Kier molecular flexibility index (Phi) is 14.4. The van der Waals surface area contributed by atoms with Crippen LogP contribution in [-0.4, -0.2) is 77.1 Å². The van der Waals surface area contributed by atoms with Crippen molar-refractivity contribution in [2.75, 3.05) is 26.8 Å². The number of aliphatic hydroxyl groups excluding tert-OH is 3. The van der Waals surface area contributed by atoms with Crippen molar-refractivity contribution in [3.8, 4) is 11.5 Å². The zero-order valence-corrected chi connectivity index (χ0v) is 24.9. The van der Waals surface area contributed by atoms with Crippen LogP contribution in [0.25, 0.3) is 0 Å². The summed E-state index contributed by atoms with van der Waals surface area (Å²) in [5.74, 6) is 0.370. The number of methoxy groups -OCH3 is 1. The van der Waals surface area contributed by atoms with Crippen molar-refractivity contribution < 1.29 is 34.4 Å². The zero-order valence-electron chi connectivity index (χ0n) is 22.7. The van der Waals surface area contributed by atoms with Crippen LogP contribution in [0.5, 0.6) is 11.5 Å². The molecule has 0 radical (unpaired) electrons. The highest BCUT2D eigenvalue weighted by molar-refractivity contribution is 14.1. The molecule has 0 saturated carbocycles. The van der Waals surface area contributed by atoms with E-state index in [1.807, 2.05) is 6.92 Å². The topological polar surface area (TPSA) is 129 Å². The Balaban J connectivity index is 2.45. The first-order valence-corrected chi connectivity index (χ1v) is 14.6. The van der Waals surface area contributed by atoms with E-state index in [0.717, 1.165) is 38.5 Å². The molecule has 4 N–H and O–H groups in total. The minimum Gasteiger partial charge on any atom is -0.493 e. The fraction of sp³-hybridized carbons (Fsp3) is 0.643. The molecule has 10 heteroatoms. The van der Waals surface area contributed by atoms with E-state index >= 15 is 0 Å². The fourth-order valence-electron chi connectivity index (χ4n) is 4.55. The van der Waals surface area contributed by atoms with Crippen LogP contribution in [-0.2, 0) is 16.2 Å². The fourth-order valence-corrected chi connectivity index (χ4v) is 5.34. The Hall–Kier alpha value is -1.89. The Bertz CT molecular complexity index is 940. The van der Waals surface area contributed by atoms with Crippen molar-refractivity contribution in [2.45, 2.75) is 90.1 Å². The highest BCUT2D eigenvalue weighted by Gasteiger charge is 2.40. The molecule has 1 aliphatic carbocycles. The zero-order chi connectivity index (χ0) is 28.1. The Morgan fingerprint density at radius 2 is 1.87 bits per heavy atom. The van der Waals surface area contributed by atoms with Crippen molar-refractivity contribution in [3.05, 3.63) is 32.9 Å². The number of unbranched alkanes of at least 4 members (excludes halogenated alkanes) is 4. The summed E-state index contributed by atoms with van der Waals surface area (Å²) in [6.45, 7) is 4.39. The number of hydrogen-bond donors (Lipinski definition) is 4. The predicted octanol–water partition coefficient (Wildman–Crippen LogP) is 3.31. The van der Waals surface area contributed by atoms with Gasteiger partial charge in [0.15, 0.2) is 11.5 Å². The molecule has 2 rings (SSSR count). The van der Waals surface area contributed by atoms with Gasteiger partial charge in [-0.05, 0) is 59.2 Å². The van der Waals surface area contributed by atoms with Crippen LogP contribution in [0.3, 0.4) is 0 Å². The summed E-state index contributed by atoms with van der Waals surface area (Å²) in [5, 5.41) is 33.0. The van der Waals surface area contributed by atoms with Gasteiger partial charge in [0, 0.05) is 31.5 Å². The maximum Gasteiger partial charge on any atom is 0.247 e. The SMILES string of the molecule is CCCCCCN(C(=O)CCCC)[C@@H]1CC(C(=O)NCCO)=C[C@H](Oc2c(I)cc(CO)cc2OC)[C@H]1O. The standard InChI is InChI=1S/C28H43IN2O7/c1-4-6-8-9-12-31(25(34)10-7-5-2)22-16-20(28(36)30-11-13-32)17-23(26(22)35)38-27-21(29)14-19(18-33)15-24(27)37-3/h14-15,17,22-23,26,32-33,35H,4-13,16,18H2,1-3H3,(H,30,36)/t22-,23+,26+/m1/s1. The lowest BCUT2D eigenvalue weighted by Crippen LogP contribution is -2.55. The average molecular weight is 647 g/mol. The molecule has 0 bridgehead atoms. The molecule has 1 aromatic carbocycles. The molecule has 0 aliphatic heterocycles. The van der Waals surface area contributed by atoms with Crippen LogP contribution >= 0.6 is 22.6 Å². The number of nitrogens with one attached hydrogen (secondary N) is 1. The number of benzene rings is 1. The summed E-state index contributed by atoms with van der Waals surface area (Å²) >= 11 is 2.08. The van der Waals surface area contributed by atoms with Gasteiger partial charge in [0.05, 0.1) is 29.9 Å². The second-order valence-corrected chi connectivity index (χ2v) is 10.7. The van der Waals surface area contributed by atoms with E-state index < -0.39 is 18.2 Å². The molecular formula is C28H43IN2O7. The van der Waals surface area contributed by atoms with Gasteiger partial charge in [0.25, 0.3) is 0 Å². The molecule has 0 aromatic heterocycles. The maximum absolute atomic E-state index is 13.3. The quantitative estimate of drug-likeness (QED) is 0.160. The molecule has 3 atom stereocenters. The van der Waals surface area contributed by atoms with Crippen molar-refractivity contribution in [1.29, 1.82) is 0 Å². The van der Waals surface area contributed by atoms with Crippen LogP contribution in [0.15, 0.2) is 23.8 Å². The van der Waals surface area contributed by atoms with Crippen LogP contribution in [0, 0.1) is 3.57 Å². The number of ether oxygens (including phenoxy) is 2. The van der Waals surface area contributed by atoms with E-state index in [0.29, 0.717) is 39.2 Å². The summed E-state index contributed by atoms with van der Waals surface area (Å²) in [6, 6.07) is 2.78. The molecule has 0 unspecified atom stereocenters. The molecule has 0 saturated heterocycles. The van der Waals surface area contributed by atoms with Gasteiger partial charge in [-0.15, -0.1) is 0 Å². The normalized spacial score (nSPS) is 19.0. The summed E-state index contributed by atoms with van der Waals surface area (Å²) in [5.41, 5.74) is 1.04. The molecular weight excluding hydrogens is 603 g/mol. The minimum absolute atomic E-state index is 0.0392. The third-order valence-electron chi connectivity index (χ3n) is 6.66. The molecule has 1 aromatic rings. The van der Waals surface area contributed by atoms with E-state index in [1.165, 1.54) is 7.11 Å². The second kappa shape index (κ2) is 16.9. The number of nitrogens with zero attached hydrogens (tertiary/aromatic N) is 1. The molecule has 214 valence electrons. The first-order valence-electron chi connectivity index (χ1n) is 13.5. The van der Waals surface area contributed by atoms with E-state index in [1.54, 1.807) is 23.1 Å². The van der Waals surface area contributed by atoms with Crippen molar-refractivity contribution in [3.63, 3.8) is 0 Å². The van der Waals surface area contributed by atoms with Gasteiger partial charge < -0.3 is 35.0 Å². The van der Waals surface area contributed by atoms with Crippen LogP contribution in [0.2, 0.25) is 0 Å². The molecule has 9 nitrogen and oxygen atoms in total. The monoisotopic (exact) mass is 646 g/mol. The Morgan fingerprint density at radius 3 is 2.50 bits per heavy atom. The lowest BCUT2D eigenvalue weighted by molar-refractivity contribution is -0.138. The Morgan fingerprint density at radius 1 is 1.13 bits per heavy atom. The summed E-state index contributed by atoms with van der Waals surface area (Å²) in [4.78, 5) is 28.0. The van der Waals surface area contributed by atoms with E-state index in [4.69, 9.17) is 9.47 Å². The molecule has 38 heavy (non-hydrogen) atoms. The highest BCUT2D eigenvalue weighted by Crippen LogP contribution is 2.37. The minimum atomic E-state index is -1.08. The number of carbonyl (C=O) groups excluding carboxylic acids is 2. The van der Waals surface area contributed by atoms with Gasteiger partial charge in [-0.2, -0.15) is 0 Å². The van der Waals surface area contributed by atoms with Crippen molar-refractivity contribution in [1.82, 2.24) is 10.2 Å². The molecule has 0 spiro atoms. The smallest absolute Gasteiger partial charge is 0.247 e. The number of rotatable bonds is 16. The van der Waals surface area contributed by atoms with Gasteiger partial charge in [0.2, 0.25) is 11.8 Å². The second-order valence-electron chi connectivity index (χ2n) is 9.53. The predicted molar refractivity (Wildman–Crippen MR) is 154 cm³/mol. The van der Waals surface area contributed by atoms with Gasteiger partial charge >= 0.3 is 0 Å². The van der Waals surface area contributed by atoms with E-state index in [9.17, 15) is 24.9 Å². The molecule has 2 amide bonds. The summed E-state index contributed by atoms with van der Waals surface area (Å²) < 4.78 is 12.4. The van der Waals surface area contributed by atoms with Crippen LogP contribution < -0.4 is 14.8 Å². The third-order valence-corrected chi connectivity index (χ3v) is 7.46. The van der Waals surface area contributed by atoms with Crippen LogP contribution in [0.4, 0.5) is 0 Å². The van der Waals surface area contributed by atoms with Crippen molar-refractivity contribution >= 4 is 34.4 Å². The number of aliphatic hydroxyl groups is 3. The van der Waals surface area contributed by atoms with E-state index in [2.05, 4.69) is 34.8 Å². The Labute approximate surface area is 239 Å². The van der Waals surface area contributed by atoms with Gasteiger partial charge in [-0.1, -0.05) is 39.5 Å². The largest absolute Gasteiger partial charge is 0.493 e. The summed E-state index contributed by atoms with van der Waals surface area (Å²) in [7, 11) is 1.49. The van der Waals surface area contributed by atoms with Crippen LogP contribution in [0.1, 0.15) is 70.8 Å². The average Bonchev–Trinajstić information content (AvgIpc) is 2.92. The summed E-state index contributed by atoms with van der Waals surface area (Å²) in [6.07, 6.45) is 5.69. The van der Waals surface area contributed by atoms with Gasteiger partial charge in [0.1, 0.15) is 12.2 Å². The lowest BCUT2D eigenvalue weighted by atomic mass is 9.87. The number of carbonyl (C=O) groups is 2. The van der Waals surface area contributed by atoms with Crippen molar-refractivity contribution in [2.24, 2.45) is 0 Å². The van der Waals surface area contributed by atoms with E-state index in [-0.39, 0.29) is 38.0 Å². The molecule has 1 aliphatic rings. The third kappa shape index (κ3) is 9.10. The first kappa shape index (κ1) is 32.3. The van der Waals surface area contributed by atoms with Gasteiger partial charge in [-0.25, -0.2) is 0 Å². The number of halogens is 1. The van der Waals surface area contributed by atoms with Gasteiger partial charge in [-0.3, -0.25) is 9.59 Å². The highest BCUT2D eigenvalue weighted by atomic mass is 127. The number of hydrogen-bond acceptors (Lipinski definition) is 7.